The van der Waals surface area contributed by atoms with Crippen LogP contribution in [0.15, 0.2) is 0 Å². The molecule has 0 aromatic heterocycles. The number of halogens is 3. The maximum Gasteiger partial charge on any atom is 0.415 e. The van der Waals surface area contributed by atoms with Gasteiger partial charge in [0.2, 0.25) is 0 Å². The van der Waals surface area contributed by atoms with Crippen LogP contribution in [0.5, 0.6) is 0 Å². The standard InChI is InChI=1S/C9H17F3N2O/c1-14(6-8(15)9(10,11)12)7-2-4-13-5-3-7/h7-8,13,15H,2-6H2,1H3. The minimum Gasteiger partial charge on any atom is -0.382 e. The van der Waals surface area contributed by atoms with Gasteiger partial charge in [-0.2, -0.15) is 13.2 Å². The van der Waals surface area contributed by atoms with Crippen LogP contribution in [-0.2, 0) is 0 Å². The summed E-state index contributed by atoms with van der Waals surface area (Å²) < 4.78 is 36.3. The van der Waals surface area contributed by atoms with Crippen LogP contribution in [0.4, 0.5) is 13.2 Å². The maximum absolute atomic E-state index is 12.1. The highest BCUT2D eigenvalue weighted by molar-refractivity contribution is 4.79. The van der Waals surface area contributed by atoms with E-state index in [4.69, 9.17) is 5.11 Å². The van der Waals surface area contributed by atoms with Crippen molar-refractivity contribution in [1.82, 2.24) is 10.2 Å². The number of hydrogen-bond donors (Lipinski definition) is 2. The minimum absolute atomic E-state index is 0.142. The van der Waals surface area contributed by atoms with Crippen molar-refractivity contribution in [2.45, 2.75) is 31.2 Å². The van der Waals surface area contributed by atoms with E-state index in [-0.39, 0.29) is 12.6 Å². The molecule has 15 heavy (non-hydrogen) atoms. The van der Waals surface area contributed by atoms with Crippen molar-refractivity contribution < 1.29 is 18.3 Å². The number of hydrogen-bond acceptors (Lipinski definition) is 3. The van der Waals surface area contributed by atoms with Gasteiger partial charge in [0.25, 0.3) is 0 Å². The van der Waals surface area contributed by atoms with Gasteiger partial charge in [0.05, 0.1) is 0 Å². The Kier molecular flexibility index (Phi) is 4.36. The Balaban J connectivity index is 2.36. The Labute approximate surface area is 87.3 Å². The van der Waals surface area contributed by atoms with Crippen LogP contribution in [0.3, 0.4) is 0 Å². The van der Waals surface area contributed by atoms with Gasteiger partial charge in [0.15, 0.2) is 6.10 Å². The second kappa shape index (κ2) is 5.14. The summed E-state index contributed by atoms with van der Waals surface area (Å²) in [6, 6.07) is 0.142. The highest BCUT2D eigenvalue weighted by Gasteiger charge is 2.39. The molecule has 0 spiro atoms. The number of piperidine rings is 1. The third-order valence-corrected chi connectivity index (χ3v) is 2.77. The fraction of sp³-hybridized carbons (Fsp3) is 1.00. The zero-order chi connectivity index (χ0) is 11.5. The summed E-state index contributed by atoms with van der Waals surface area (Å²) in [4.78, 5) is 1.60. The summed E-state index contributed by atoms with van der Waals surface area (Å²) in [5, 5.41) is 12.0. The van der Waals surface area contributed by atoms with Crippen molar-refractivity contribution in [2.75, 3.05) is 26.7 Å². The van der Waals surface area contributed by atoms with E-state index in [9.17, 15) is 13.2 Å². The van der Waals surface area contributed by atoms with E-state index in [1.54, 1.807) is 11.9 Å². The molecule has 90 valence electrons. The van der Waals surface area contributed by atoms with Crippen LogP contribution in [0.25, 0.3) is 0 Å². The number of aliphatic hydroxyl groups is 1. The van der Waals surface area contributed by atoms with E-state index >= 15 is 0 Å². The molecule has 0 bridgehead atoms. The lowest BCUT2D eigenvalue weighted by Crippen LogP contribution is -2.47. The Bertz CT molecular complexity index is 192. The molecule has 3 nitrogen and oxygen atoms in total. The van der Waals surface area contributed by atoms with Crippen LogP contribution in [0.1, 0.15) is 12.8 Å². The third kappa shape index (κ3) is 3.96. The number of nitrogens with one attached hydrogen (secondary N) is 1. The molecule has 1 saturated heterocycles. The molecule has 0 aliphatic carbocycles. The lowest BCUT2D eigenvalue weighted by Gasteiger charge is -2.33. The van der Waals surface area contributed by atoms with E-state index in [1.165, 1.54) is 0 Å². The fourth-order valence-electron chi connectivity index (χ4n) is 1.77. The number of likely N-dealkylation sites (N-methyl/N-ethyl adjacent to an activating group) is 1. The normalized spacial score (nSPS) is 22.0. The van der Waals surface area contributed by atoms with Crippen LogP contribution in [0.2, 0.25) is 0 Å². The second-order valence-electron chi connectivity index (χ2n) is 3.98. The van der Waals surface area contributed by atoms with Gasteiger partial charge in [0, 0.05) is 12.6 Å². The fourth-order valence-corrected chi connectivity index (χ4v) is 1.77. The highest BCUT2D eigenvalue weighted by Crippen LogP contribution is 2.21. The summed E-state index contributed by atoms with van der Waals surface area (Å²) >= 11 is 0. The zero-order valence-corrected chi connectivity index (χ0v) is 8.72. The number of nitrogens with zero attached hydrogens (tertiary/aromatic N) is 1. The molecule has 1 fully saturated rings. The van der Waals surface area contributed by atoms with E-state index in [0.717, 1.165) is 25.9 Å². The number of aliphatic hydroxyl groups excluding tert-OH is 1. The van der Waals surface area contributed by atoms with Gasteiger partial charge >= 0.3 is 6.18 Å². The lowest BCUT2D eigenvalue weighted by atomic mass is 10.1. The van der Waals surface area contributed by atoms with E-state index in [0.29, 0.717) is 0 Å². The van der Waals surface area contributed by atoms with Crippen molar-refractivity contribution in [3.63, 3.8) is 0 Å². The first-order valence-corrected chi connectivity index (χ1v) is 5.07. The Morgan fingerprint density at radius 2 is 1.93 bits per heavy atom. The van der Waals surface area contributed by atoms with Crippen LogP contribution in [-0.4, -0.2) is 55.0 Å². The molecule has 1 aliphatic rings. The Hall–Kier alpha value is -0.330. The first-order valence-electron chi connectivity index (χ1n) is 5.07. The van der Waals surface area contributed by atoms with E-state index in [1.807, 2.05) is 0 Å². The molecule has 0 radical (unpaired) electrons. The molecular weight excluding hydrogens is 209 g/mol. The van der Waals surface area contributed by atoms with Gasteiger partial charge in [-0.05, 0) is 33.0 Å². The molecule has 1 atom stereocenters. The highest BCUT2D eigenvalue weighted by atomic mass is 19.4. The van der Waals surface area contributed by atoms with Crippen molar-refractivity contribution >= 4 is 0 Å². The molecule has 0 aromatic rings. The van der Waals surface area contributed by atoms with Crippen molar-refractivity contribution in [3.05, 3.63) is 0 Å². The largest absolute Gasteiger partial charge is 0.415 e. The average Bonchev–Trinajstić information content (AvgIpc) is 2.17. The molecule has 1 heterocycles. The summed E-state index contributed by atoms with van der Waals surface area (Å²) in [6.07, 6.45) is -5.08. The molecule has 6 heteroatoms. The van der Waals surface area contributed by atoms with Gasteiger partial charge in [-0.15, -0.1) is 0 Å². The van der Waals surface area contributed by atoms with Gasteiger partial charge in [0.1, 0.15) is 0 Å². The van der Waals surface area contributed by atoms with Gasteiger partial charge in [-0.3, -0.25) is 0 Å². The molecule has 0 aromatic carbocycles. The lowest BCUT2D eigenvalue weighted by molar-refractivity contribution is -0.208. The smallest absolute Gasteiger partial charge is 0.382 e. The number of alkyl halides is 3. The monoisotopic (exact) mass is 226 g/mol. The van der Waals surface area contributed by atoms with E-state index in [2.05, 4.69) is 5.32 Å². The quantitative estimate of drug-likeness (QED) is 0.739. The summed E-state index contributed by atoms with van der Waals surface area (Å²) in [6.45, 7) is 1.32. The third-order valence-electron chi connectivity index (χ3n) is 2.77. The van der Waals surface area contributed by atoms with Crippen LogP contribution < -0.4 is 5.32 Å². The topological polar surface area (TPSA) is 35.5 Å². The van der Waals surface area contributed by atoms with Crippen molar-refractivity contribution in [1.29, 1.82) is 0 Å². The van der Waals surface area contributed by atoms with Gasteiger partial charge in [-0.1, -0.05) is 0 Å². The second-order valence-corrected chi connectivity index (χ2v) is 3.98. The maximum atomic E-state index is 12.1. The number of rotatable bonds is 3. The Morgan fingerprint density at radius 3 is 2.40 bits per heavy atom. The van der Waals surface area contributed by atoms with E-state index < -0.39 is 12.3 Å². The SMILES string of the molecule is CN(CC(O)C(F)(F)F)C1CCNCC1. The summed E-state index contributed by atoms with van der Waals surface area (Å²) in [5.41, 5.74) is 0. The molecule has 2 N–H and O–H groups in total. The molecule has 1 rings (SSSR count). The van der Waals surface area contributed by atoms with Crippen molar-refractivity contribution in [3.8, 4) is 0 Å². The van der Waals surface area contributed by atoms with Crippen LogP contribution in [0, 0.1) is 0 Å². The predicted octanol–water partition coefficient (Wildman–Crippen LogP) is 0.593. The molecule has 0 saturated carbocycles. The molecule has 1 aliphatic heterocycles. The van der Waals surface area contributed by atoms with Crippen LogP contribution >= 0.6 is 0 Å². The minimum atomic E-state index is -4.51. The summed E-state index contributed by atoms with van der Waals surface area (Å²) in [5.74, 6) is 0. The van der Waals surface area contributed by atoms with Crippen molar-refractivity contribution in [2.24, 2.45) is 0 Å². The molecule has 1 unspecified atom stereocenters. The zero-order valence-electron chi connectivity index (χ0n) is 8.72. The molecular formula is C9H17F3N2O. The first-order chi connectivity index (χ1) is 6.91. The van der Waals surface area contributed by atoms with Gasteiger partial charge < -0.3 is 15.3 Å². The first kappa shape index (κ1) is 12.7. The van der Waals surface area contributed by atoms with Gasteiger partial charge in [-0.25, -0.2) is 0 Å². The molecule has 0 amide bonds. The summed E-state index contributed by atoms with van der Waals surface area (Å²) in [7, 11) is 1.63. The predicted molar refractivity (Wildman–Crippen MR) is 50.6 cm³/mol. The Morgan fingerprint density at radius 1 is 1.40 bits per heavy atom. The average molecular weight is 226 g/mol.